The molecule has 0 bridgehead atoms. The third-order valence-electron chi connectivity index (χ3n) is 4.35. The van der Waals surface area contributed by atoms with E-state index in [0.717, 1.165) is 10.0 Å². The zero-order valence-corrected chi connectivity index (χ0v) is 18.6. The van der Waals surface area contributed by atoms with Gasteiger partial charge in [-0.3, -0.25) is 4.31 Å². The summed E-state index contributed by atoms with van der Waals surface area (Å²) < 4.78 is 39.9. The number of halogens is 1. The minimum Gasteiger partial charge on any atom is -0.497 e. The van der Waals surface area contributed by atoms with E-state index >= 15 is 0 Å². The van der Waals surface area contributed by atoms with Crippen molar-refractivity contribution in [1.29, 1.82) is 0 Å². The van der Waals surface area contributed by atoms with Gasteiger partial charge in [-0.15, -0.1) is 0 Å². The summed E-state index contributed by atoms with van der Waals surface area (Å²) in [6.07, 6.45) is 0. The topological polar surface area (TPSA) is 55.8 Å². The van der Waals surface area contributed by atoms with Gasteiger partial charge in [0.15, 0.2) is 0 Å². The highest BCUT2D eigenvalue weighted by molar-refractivity contribution is 9.10. The second kappa shape index (κ2) is 9.33. The molecule has 0 radical (unpaired) electrons. The summed E-state index contributed by atoms with van der Waals surface area (Å²) in [5.74, 6) is 1.34. The van der Waals surface area contributed by atoms with Crippen LogP contribution in [0.2, 0.25) is 0 Å². The van der Waals surface area contributed by atoms with Crippen LogP contribution in [0.4, 0.5) is 5.69 Å². The molecule has 0 aromatic heterocycles. The van der Waals surface area contributed by atoms with E-state index in [-0.39, 0.29) is 18.0 Å². The molecule has 5 nitrogen and oxygen atoms in total. The molecule has 0 fully saturated rings. The molecule has 152 valence electrons. The van der Waals surface area contributed by atoms with Gasteiger partial charge in [-0.05, 0) is 67.6 Å². The first-order chi connectivity index (χ1) is 13.9. The quantitative estimate of drug-likeness (QED) is 0.457. The highest BCUT2D eigenvalue weighted by Crippen LogP contribution is 2.26. The van der Waals surface area contributed by atoms with Gasteiger partial charge in [-0.1, -0.05) is 33.6 Å². The number of anilines is 1. The molecule has 0 amide bonds. The molecule has 0 N–H and O–H groups in total. The van der Waals surface area contributed by atoms with Crippen LogP contribution in [0.1, 0.15) is 5.56 Å². The van der Waals surface area contributed by atoms with Gasteiger partial charge in [-0.25, -0.2) is 8.42 Å². The number of hydrogen-bond acceptors (Lipinski definition) is 4. The van der Waals surface area contributed by atoms with Gasteiger partial charge >= 0.3 is 0 Å². The first-order valence-corrected chi connectivity index (χ1v) is 11.3. The number of hydrogen-bond donors (Lipinski definition) is 0. The summed E-state index contributed by atoms with van der Waals surface area (Å²) in [5.41, 5.74) is 1.55. The van der Waals surface area contributed by atoms with Crippen LogP contribution in [-0.4, -0.2) is 28.7 Å². The summed E-state index contributed by atoms with van der Waals surface area (Å²) in [5, 5.41) is 0. The zero-order chi connectivity index (χ0) is 20.9. The molecule has 0 aliphatic carbocycles. The molecular formula is C22H22BrNO4S. The zero-order valence-electron chi connectivity index (χ0n) is 16.2. The lowest BCUT2D eigenvalue weighted by Crippen LogP contribution is -2.34. The predicted molar refractivity (Wildman–Crippen MR) is 118 cm³/mol. The van der Waals surface area contributed by atoms with E-state index in [4.69, 9.17) is 9.47 Å². The fourth-order valence-corrected chi connectivity index (χ4v) is 4.46. The standard InChI is InChI=1S/C22H22BrNO4S/c1-17-3-13-22(14-4-17)29(25,26)24(19-7-11-20(27-2)12-8-19)15-16-28-21-9-5-18(23)6-10-21/h3-14H,15-16H2,1-2H3. The van der Waals surface area contributed by atoms with Crippen molar-refractivity contribution in [3.8, 4) is 11.5 Å². The third kappa shape index (κ3) is 5.31. The van der Waals surface area contributed by atoms with Gasteiger partial charge in [-0.2, -0.15) is 0 Å². The average Bonchev–Trinajstić information content (AvgIpc) is 2.73. The predicted octanol–water partition coefficient (Wildman–Crippen LogP) is 5.04. The molecule has 0 saturated carbocycles. The first-order valence-electron chi connectivity index (χ1n) is 9.02. The summed E-state index contributed by atoms with van der Waals surface area (Å²) in [6.45, 7) is 2.29. The fraction of sp³-hybridized carbons (Fsp3) is 0.182. The molecule has 0 unspecified atom stereocenters. The molecule has 7 heteroatoms. The van der Waals surface area contributed by atoms with E-state index in [1.807, 2.05) is 31.2 Å². The van der Waals surface area contributed by atoms with Crippen molar-refractivity contribution in [3.05, 3.63) is 82.8 Å². The van der Waals surface area contributed by atoms with Crippen LogP contribution < -0.4 is 13.8 Å². The number of nitrogens with zero attached hydrogens (tertiary/aromatic N) is 1. The Morgan fingerprint density at radius 2 is 1.45 bits per heavy atom. The molecule has 0 spiro atoms. The summed E-state index contributed by atoms with van der Waals surface area (Å²) in [7, 11) is -2.18. The van der Waals surface area contributed by atoms with Crippen LogP contribution in [0, 0.1) is 6.92 Å². The summed E-state index contributed by atoms with van der Waals surface area (Å²) >= 11 is 3.38. The highest BCUT2D eigenvalue weighted by Gasteiger charge is 2.25. The van der Waals surface area contributed by atoms with Crippen LogP contribution in [-0.2, 0) is 10.0 Å². The maximum Gasteiger partial charge on any atom is 0.264 e. The van der Waals surface area contributed by atoms with Crippen LogP contribution in [0.15, 0.2) is 82.2 Å². The Labute approximate surface area is 180 Å². The molecular weight excluding hydrogens is 454 g/mol. The average molecular weight is 476 g/mol. The van der Waals surface area contributed by atoms with Crippen molar-refractivity contribution >= 4 is 31.6 Å². The highest BCUT2D eigenvalue weighted by atomic mass is 79.9. The molecule has 3 aromatic rings. The van der Waals surface area contributed by atoms with E-state index in [2.05, 4.69) is 15.9 Å². The van der Waals surface area contributed by atoms with Gasteiger partial charge in [0.25, 0.3) is 10.0 Å². The number of sulfonamides is 1. The van der Waals surface area contributed by atoms with E-state index in [0.29, 0.717) is 17.2 Å². The van der Waals surface area contributed by atoms with Gasteiger partial charge in [0.05, 0.1) is 24.2 Å². The van der Waals surface area contributed by atoms with Gasteiger partial charge in [0.1, 0.15) is 18.1 Å². The van der Waals surface area contributed by atoms with Crippen molar-refractivity contribution in [2.75, 3.05) is 24.6 Å². The Hall–Kier alpha value is -2.51. The van der Waals surface area contributed by atoms with Crippen LogP contribution in [0.25, 0.3) is 0 Å². The monoisotopic (exact) mass is 475 g/mol. The van der Waals surface area contributed by atoms with Crippen LogP contribution in [0.3, 0.4) is 0 Å². The normalized spacial score (nSPS) is 11.1. The van der Waals surface area contributed by atoms with E-state index in [9.17, 15) is 8.42 Å². The Morgan fingerprint density at radius 1 is 0.862 bits per heavy atom. The van der Waals surface area contributed by atoms with Crippen molar-refractivity contribution in [3.63, 3.8) is 0 Å². The van der Waals surface area contributed by atoms with Crippen LogP contribution >= 0.6 is 15.9 Å². The van der Waals surface area contributed by atoms with Crippen molar-refractivity contribution in [2.45, 2.75) is 11.8 Å². The van der Waals surface area contributed by atoms with Crippen LogP contribution in [0.5, 0.6) is 11.5 Å². The Balaban J connectivity index is 1.86. The molecule has 3 aromatic carbocycles. The second-order valence-electron chi connectivity index (χ2n) is 6.39. The fourth-order valence-electron chi connectivity index (χ4n) is 2.75. The lowest BCUT2D eigenvalue weighted by molar-refractivity contribution is 0.328. The Morgan fingerprint density at radius 3 is 2.03 bits per heavy atom. The molecule has 29 heavy (non-hydrogen) atoms. The Kier molecular flexibility index (Phi) is 6.82. The molecule has 3 rings (SSSR count). The van der Waals surface area contributed by atoms with Crippen molar-refractivity contribution in [2.24, 2.45) is 0 Å². The maximum absolute atomic E-state index is 13.3. The summed E-state index contributed by atoms with van der Waals surface area (Å²) in [6, 6.07) is 21.2. The third-order valence-corrected chi connectivity index (χ3v) is 6.72. The molecule has 0 aliphatic rings. The Bertz CT molecular complexity index is 1030. The number of rotatable bonds is 8. The number of aryl methyl sites for hydroxylation is 1. The van der Waals surface area contributed by atoms with Crippen molar-refractivity contribution in [1.82, 2.24) is 0 Å². The van der Waals surface area contributed by atoms with Gasteiger partial charge in [0.2, 0.25) is 0 Å². The number of benzene rings is 3. The lowest BCUT2D eigenvalue weighted by atomic mass is 10.2. The van der Waals surface area contributed by atoms with Gasteiger partial charge < -0.3 is 9.47 Å². The van der Waals surface area contributed by atoms with E-state index in [1.165, 1.54) is 4.31 Å². The molecule has 0 aliphatic heterocycles. The largest absolute Gasteiger partial charge is 0.497 e. The molecule has 0 saturated heterocycles. The lowest BCUT2D eigenvalue weighted by Gasteiger charge is -2.25. The number of ether oxygens (including phenoxy) is 2. The first kappa shape index (κ1) is 21.2. The maximum atomic E-state index is 13.3. The van der Waals surface area contributed by atoms with E-state index < -0.39 is 10.0 Å². The second-order valence-corrected chi connectivity index (χ2v) is 9.17. The SMILES string of the molecule is COc1ccc(N(CCOc2ccc(Br)cc2)S(=O)(=O)c2ccc(C)cc2)cc1. The number of methoxy groups -OCH3 is 1. The smallest absolute Gasteiger partial charge is 0.264 e. The van der Waals surface area contributed by atoms with Gasteiger partial charge in [0, 0.05) is 4.47 Å². The molecule has 0 atom stereocenters. The minimum atomic E-state index is -3.75. The minimum absolute atomic E-state index is 0.165. The van der Waals surface area contributed by atoms with Crippen molar-refractivity contribution < 1.29 is 17.9 Å². The van der Waals surface area contributed by atoms with E-state index in [1.54, 1.807) is 55.6 Å². The summed E-state index contributed by atoms with van der Waals surface area (Å²) in [4.78, 5) is 0.238. The molecule has 0 heterocycles.